The summed E-state index contributed by atoms with van der Waals surface area (Å²) in [5.41, 5.74) is 12.6. The molecule has 0 nitrogen and oxygen atoms in total. The Morgan fingerprint density at radius 2 is 0.434 bits per heavy atom. The van der Waals surface area contributed by atoms with Gasteiger partial charge >= 0.3 is 0 Å². The van der Waals surface area contributed by atoms with Crippen molar-refractivity contribution < 1.29 is 0 Å². The zero-order chi connectivity index (χ0) is 49.3. The van der Waals surface area contributed by atoms with Crippen LogP contribution in [0.15, 0.2) is 255 Å². The lowest BCUT2D eigenvalue weighted by Gasteiger charge is -2.14. The van der Waals surface area contributed by atoms with Crippen molar-refractivity contribution in [3.63, 3.8) is 0 Å². The first-order valence-corrected chi connectivity index (χ1v) is 26.7. The topological polar surface area (TPSA) is 0 Å². The largest absolute Gasteiger partial charge is 0.0622 e. The van der Waals surface area contributed by atoms with Gasteiger partial charge in [-0.15, -0.1) is 0 Å². The van der Waals surface area contributed by atoms with Crippen molar-refractivity contribution in [1.29, 1.82) is 0 Å². The number of hydrogen-bond acceptors (Lipinski definition) is 0. The van der Waals surface area contributed by atoms with Gasteiger partial charge in [-0.25, -0.2) is 0 Å². The van der Waals surface area contributed by atoms with E-state index < -0.39 is 0 Å². The Kier molecular flexibility index (Phi) is 7.95. The van der Waals surface area contributed by atoms with Crippen LogP contribution in [-0.2, 0) is 0 Å². The third-order valence-corrected chi connectivity index (χ3v) is 17.6. The van der Waals surface area contributed by atoms with Gasteiger partial charge in [-0.05, 0) is 209 Å². The molecule has 0 heteroatoms. The molecule has 0 fully saturated rings. The summed E-state index contributed by atoms with van der Waals surface area (Å²) in [7, 11) is 0. The van der Waals surface area contributed by atoms with Crippen molar-refractivity contribution in [2.45, 2.75) is 0 Å². The van der Waals surface area contributed by atoms with E-state index in [1.54, 1.807) is 0 Å². The van der Waals surface area contributed by atoms with E-state index in [2.05, 4.69) is 255 Å². The molecule has 76 heavy (non-hydrogen) atoms. The smallest absolute Gasteiger partial charge is 0.000696 e. The van der Waals surface area contributed by atoms with Gasteiger partial charge in [0.2, 0.25) is 0 Å². The zero-order valence-corrected chi connectivity index (χ0v) is 41.2. The lowest BCUT2D eigenvalue weighted by molar-refractivity contribution is 1.66. The Morgan fingerprint density at radius 1 is 0.132 bits per heavy atom. The number of rotatable bonds is 5. The first-order chi connectivity index (χ1) is 37.8. The van der Waals surface area contributed by atoms with Gasteiger partial charge in [-0.1, -0.05) is 231 Å². The van der Waals surface area contributed by atoms with Crippen molar-refractivity contribution >= 4 is 129 Å². The average Bonchev–Trinajstić information content (AvgIpc) is 4.26. The molecule has 0 bridgehead atoms. The van der Waals surface area contributed by atoms with E-state index in [9.17, 15) is 0 Å². The van der Waals surface area contributed by atoms with E-state index in [1.807, 2.05) is 0 Å². The summed E-state index contributed by atoms with van der Waals surface area (Å²) in [6, 6.07) is 96.3. The Bertz CT molecular complexity index is 5110. The van der Waals surface area contributed by atoms with Crippen LogP contribution in [0, 0.1) is 0 Å². The molecule has 0 saturated carbocycles. The van der Waals surface area contributed by atoms with Gasteiger partial charge < -0.3 is 0 Å². The first kappa shape index (κ1) is 40.6. The lowest BCUT2D eigenvalue weighted by atomic mass is 9.88. The molecule has 0 aliphatic rings. The second-order valence-corrected chi connectivity index (χ2v) is 21.2. The highest BCUT2D eigenvalue weighted by Gasteiger charge is 2.29. The molecule has 18 rings (SSSR count). The van der Waals surface area contributed by atoms with Crippen LogP contribution in [0.4, 0.5) is 0 Å². The van der Waals surface area contributed by atoms with Crippen LogP contribution < -0.4 is 0 Å². The Morgan fingerprint density at radius 3 is 0.868 bits per heavy atom. The molecule has 346 valence electrons. The van der Waals surface area contributed by atoms with Crippen LogP contribution in [0.3, 0.4) is 0 Å². The predicted octanol–water partition coefficient (Wildman–Crippen LogP) is 21.6. The minimum absolute atomic E-state index is 1.23. The van der Waals surface area contributed by atoms with E-state index in [1.165, 1.54) is 185 Å². The lowest BCUT2D eigenvalue weighted by Crippen LogP contribution is -1.87. The molecule has 18 aromatic carbocycles. The third kappa shape index (κ3) is 5.18. The number of benzene rings is 14. The van der Waals surface area contributed by atoms with Crippen LogP contribution in [0.1, 0.15) is 0 Å². The van der Waals surface area contributed by atoms with Gasteiger partial charge in [0.05, 0.1) is 0 Å². The summed E-state index contributed by atoms with van der Waals surface area (Å²) >= 11 is 0. The van der Waals surface area contributed by atoms with E-state index in [4.69, 9.17) is 0 Å². The van der Waals surface area contributed by atoms with Crippen LogP contribution in [0.5, 0.6) is 0 Å². The maximum Gasteiger partial charge on any atom is -0.000696 e. The second-order valence-electron chi connectivity index (χ2n) is 21.2. The molecule has 0 N–H and O–H groups in total. The fourth-order valence-corrected chi connectivity index (χ4v) is 14.7. The van der Waals surface area contributed by atoms with Crippen molar-refractivity contribution in [2.75, 3.05) is 0 Å². The highest BCUT2D eigenvalue weighted by molar-refractivity contribution is 6.51. The van der Waals surface area contributed by atoms with Gasteiger partial charge in [0.15, 0.2) is 0 Å². The van der Waals surface area contributed by atoms with Crippen molar-refractivity contribution in [3.05, 3.63) is 255 Å². The van der Waals surface area contributed by atoms with Crippen LogP contribution in [-0.4, -0.2) is 0 Å². The maximum atomic E-state index is 2.48. The number of fused-ring (bicyclic) bond motifs is 14. The molecule has 0 aromatic heterocycles. The fourth-order valence-electron chi connectivity index (χ4n) is 14.7. The molecule has 0 aliphatic heterocycles. The molecule has 0 spiro atoms. The molecule has 0 radical (unpaired) electrons. The fraction of sp³-hybridized carbons (Fsp3) is 0. The normalized spacial score (nSPS) is 12.5. The summed E-state index contributed by atoms with van der Waals surface area (Å²) in [4.78, 5) is 0. The molecule has 0 unspecified atom stereocenters. The Hall–Kier alpha value is -9.88. The predicted molar refractivity (Wildman–Crippen MR) is 328 cm³/mol. The molecule has 0 amide bonds. The van der Waals surface area contributed by atoms with Gasteiger partial charge in [-0.3, -0.25) is 0 Å². The molecular formula is C76H42. The monoisotopic (exact) mass is 954 g/mol. The van der Waals surface area contributed by atoms with E-state index in [0.29, 0.717) is 0 Å². The maximum absolute atomic E-state index is 2.48. The summed E-state index contributed by atoms with van der Waals surface area (Å²) < 4.78 is 0. The van der Waals surface area contributed by atoms with Crippen molar-refractivity contribution in [1.82, 2.24) is 0 Å². The van der Waals surface area contributed by atoms with Crippen molar-refractivity contribution in [2.24, 2.45) is 0 Å². The van der Waals surface area contributed by atoms with Crippen LogP contribution in [0.2, 0.25) is 0 Å². The summed E-state index contributed by atoms with van der Waals surface area (Å²) in [6.07, 6.45) is 0. The van der Waals surface area contributed by atoms with Crippen LogP contribution >= 0.6 is 0 Å². The Labute approximate surface area is 437 Å². The molecule has 0 aliphatic carbocycles. The quantitative estimate of drug-likeness (QED) is 0.161. The minimum atomic E-state index is 1.23. The standard InChI is InChI=1S/C76H42/c1-5-19-43(20-6-1)47-40-62-50-28-14-16-30-56(50)72-70(62)63(41-47)65(45-23-9-3-10-24-45)73-57-33-17-31-53-52(36-38-60(67(53)57)76(72)73)51-35-37-59-68-54(51)32-18-34-58(68)75-71-55-29-15-13-27-49(55)61-39-48(44-21-7-2-8-22-44)42-64(69(61)71)66(74(59)75)46-25-11-4-12-26-46/h1-42H. The van der Waals surface area contributed by atoms with Crippen LogP contribution in [0.25, 0.3) is 185 Å². The van der Waals surface area contributed by atoms with Gasteiger partial charge in [0.1, 0.15) is 0 Å². The SMILES string of the molecule is c1ccc(-c2cc3c(-c4ccccc4)c4c5ccc(-c6ccc7c8c6cccc8c6c(-c8ccccc8)c8cc(-c9ccccc9)cc9c%10ccccc%10c(c89)c76)c6cccc(c65)c4c4c5ccccc5c(c2)c34)cc1. The molecule has 0 heterocycles. The molecule has 0 saturated heterocycles. The van der Waals surface area contributed by atoms with Gasteiger partial charge in [-0.2, -0.15) is 0 Å². The van der Waals surface area contributed by atoms with E-state index in [-0.39, 0.29) is 0 Å². The molecule has 0 atom stereocenters. The Balaban J connectivity index is 0.974. The highest BCUT2D eigenvalue weighted by atomic mass is 14.3. The summed E-state index contributed by atoms with van der Waals surface area (Å²) in [6.45, 7) is 0. The summed E-state index contributed by atoms with van der Waals surface area (Å²) in [5.74, 6) is 0. The van der Waals surface area contributed by atoms with E-state index >= 15 is 0 Å². The first-order valence-electron chi connectivity index (χ1n) is 26.7. The number of hydrogen-bond donors (Lipinski definition) is 0. The highest BCUT2D eigenvalue weighted by Crippen LogP contribution is 2.57. The average molecular weight is 955 g/mol. The van der Waals surface area contributed by atoms with Gasteiger partial charge in [0.25, 0.3) is 0 Å². The molecular weight excluding hydrogens is 913 g/mol. The zero-order valence-electron chi connectivity index (χ0n) is 41.2. The second kappa shape index (κ2) is 14.9. The summed E-state index contributed by atoms with van der Waals surface area (Å²) in [5, 5.41) is 31.8. The van der Waals surface area contributed by atoms with Crippen molar-refractivity contribution in [3.8, 4) is 55.6 Å². The third-order valence-electron chi connectivity index (χ3n) is 17.6. The van der Waals surface area contributed by atoms with E-state index in [0.717, 1.165) is 0 Å². The minimum Gasteiger partial charge on any atom is -0.0622 e. The van der Waals surface area contributed by atoms with Gasteiger partial charge in [0, 0.05) is 0 Å². The molecule has 18 aromatic rings.